The zero-order chi connectivity index (χ0) is 14.3. The molecule has 2 aliphatic rings. The molecule has 3 rings (SSSR count). The number of rotatable bonds is 3. The highest BCUT2D eigenvalue weighted by Crippen LogP contribution is 2.50. The Labute approximate surface area is 125 Å². The lowest BCUT2D eigenvalue weighted by atomic mass is 9.94. The predicted molar refractivity (Wildman–Crippen MR) is 80.7 cm³/mol. The molecule has 108 valence electrons. The molecular weight excluding hydrogens is 272 g/mol. The maximum absolute atomic E-state index is 12.9. The first-order chi connectivity index (χ1) is 9.56. The first-order valence-electron chi connectivity index (χ1n) is 7.34. The molecule has 2 unspecified atom stereocenters. The van der Waals surface area contributed by atoms with Crippen molar-refractivity contribution in [1.82, 2.24) is 4.90 Å². The van der Waals surface area contributed by atoms with Crippen molar-refractivity contribution in [2.24, 2.45) is 11.7 Å². The molecule has 1 saturated heterocycles. The van der Waals surface area contributed by atoms with E-state index in [0.29, 0.717) is 18.5 Å². The average Bonchev–Trinajstić information content (AvgIpc) is 3.17. The molecule has 1 aliphatic carbocycles. The molecule has 0 radical (unpaired) electrons. The van der Waals surface area contributed by atoms with Crippen LogP contribution in [-0.2, 0) is 10.2 Å². The maximum atomic E-state index is 12.9. The number of carbonyl (C=O) groups is 1. The Morgan fingerprint density at radius 3 is 2.55 bits per heavy atom. The van der Waals surface area contributed by atoms with Crippen molar-refractivity contribution < 1.29 is 4.79 Å². The third kappa shape index (κ3) is 2.23. The molecule has 1 saturated carbocycles. The average molecular weight is 293 g/mol. The molecule has 1 aromatic carbocycles. The summed E-state index contributed by atoms with van der Waals surface area (Å²) in [5.41, 5.74) is 6.58. The van der Waals surface area contributed by atoms with E-state index in [4.69, 9.17) is 17.3 Å². The second kappa shape index (κ2) is 5.05. The van der Waals surface area contributed by atoms with Crippen molar-refractivity contribution in [1.29, 1.82) is 0 Å². The summed E-state index contributed by atoms with van der Waals surface area (Å²) in [5, 5.41) is 0.717. The van der Waals surface area contributed by atoms with Crippen molar-refractivity contribution in [3.63, 3.8) is 0 Å². The topological polar surface area (TPSA) is 46.3 Å². The van der Waals surface area contributed by atoms with Gasteiger partial charge in [-0.05, 0) is 56.3 Å². The van der Waals surface area contributed by atoms with Gasteiger partial charge in [-0.15, -0.1) is 0 Å². The fraction of sp³-hybridized carbons (Fsp3) is 0.562. The first kappa shape index (κ1) is 13.9. The zero-order valence-electron chi connectivity index (χ0n) is 11.8. The standard InChI is InChI=1S/C16H21ClN2O/c1-11-8-12(9-18)10-19(11)15(20)16(6-7-16)13-2-4-14(17)5-3-13/h2-5,11-12H,6-10,18H2,1H3. The lowest BCUT2D eigenvalue weighted by Crippen LogP contribution is -2.41. The molecule has 2 atom stereocenters. The minimum absolute atomic E-state index is 0.281. The Morgan fingerprint density at radius 1 is 1.40 bits per heavy atom. The van der Waals surface area contributed by atoms with E-state index < -0.39 is 0 Å². The van der Waals surface area contributed by atoms with Crippen molar-refractivity contribution in [2.75, 3.05) is 13.1 Å². The van der Waals surface area contributed by atoms with Gasteiger partial charge in [-0.3, -0.25) is 4.79 Å². The fourth-order valence-electron chi connectivity index (χ4n) is 3.39. The third-order valence-electron chi connectivity index (χ3n) is 4.81. The maximum Gasteiger partial charge on any atom is 0.233 e. The summed E-state index contributed by atoms with van der Waals surface area (Å²) in [6, 6.07) is 8.05. The highest BCUT2D eigenvalue weighted by atomic mass is 35.5. The first-order valence-corrected chi connectivity index (χ1v) is 7.72. The summed E-state index contributed by atoms with van der Waals surface area (Å²) in [6.45, 7) is 3.61. The minimum atomic E-state index is -0.289. The minimum Gasteiger partial charge on any atom is -0.339 e. The summed E-state index contributed by atoms with van der Waals surface area (Å²) in [6.07, 6.45) is 2.92. The number of nitrogens with two attached hydrogens (primary N) is 1. The number of nitrogens with zero attached hydrogens (tertiary/aromatic N) is 1. The molecule has 1 aromatic rings. The molecular formula is C16H21ClN2O. The smallest absolute Gasteiger partial charge is 0.233 e. The normalized spacial score (nSPS) is 27.6. The van der Waals surface area contributed by atoms with Crippen LogP contribution < -0.4 is 5.73 Å². The monoisotopic (exact) mass is 292 g/mol. The Balaban J connectivity index is 1.82. The predicted octanol–water partition coefficient (Wildman–Crippen LogP) is 2.57. The number of amides is 1. The van der Waals surface area contributed by atoms with Crippen LogP contribution in [0.4, 0.5) is 0 Å². The molecule has 2 fully saturated rings. The van der Waals surface area contributed by atoms with E-state index in [0.717, 1.165) is 36.4 Å². The lowest BCUT2D eigenvalue weighted by Gasteiger charge is -2.27. The Kier molecular flexibility index (Phi) is 3.51. The largest absolute Gasteiger partial charge is 0.339 e. The number of hydrogen-bond acceptors (Lipinski definition) is 2. The molecule has 1 aliphatic heterocycles. The number of likely N-dealkylation sites (tertiary alicyclic amines) is 1. The molecule has 3 nitrogen and oxygen atoms in total. The van der Waals surface area contributed by atoms with Crippen molar-refractivity contribution in [3.8, 4) is 0 Å². The summed E-state index contributed by atoms with van der Waals surface area (Å²) >= 11 is 5.94. The third-order valence-corrected chi connectivity index (χ3v) is 5.06. The van der Waals surface area contributed by atoms with E-state index in [9.17, 15) is 4.79 Å². The number of benzene rings is 1. The van der Waals surface area contributed by atoms with Crippen LogP contribution in [0.3, 0.4) is 0 Å². The lowest BCUT2D eigenvalue weighted by molar-refractivity contribution is -0.134. The molecule has 0 aromatic heterocycles. The molecule has 1 heterocycles. The van der Waals surface area contributed by atoms with E-state index >= 15 is 0 Å². The Bertz CT molecular complexity index is 510. The summed E-state index contributed by atoms with van der Waals surface area (Å²) in [5.74, 6) is 0.734. The van der Waals surface area contributed by atoms with Gasteiger partial charge in [0.1, 0.15) is 0 Å². The van der Waals surface area contributed by atoms with Crippen LogP contribution in [0.1, 0.15) is 31.7 Å². The van der Waals surface area contributed by atoms with Gasteiger partial charge in [0.2, 0.25) is 5.91 Å². The summed E-state index contributed by atoms with van der Waals surface area (Å²) < 4.78 is 0. The van der Waals surface area contributed by atoms with Crippen molar-refractivity contribution >= 4 is 17.5 Å². The van der Waals surface area contributed by atoms with E-state index in [-0.39, 0.29) is 11.3 Å². The Morgan fingerprint density at radius 2 is 2.05 bits per heavy atom. The van der Waals surface area contributed by atoms with Gasteiger partial charge in [0.05, 0.1) is 5.41 Å². The van der Waals surface area contributed by atoms with Gasteiger partial charge in [-0.25, -0.2) is 0 Å². The van der Waals surface area contributed by atoms with Gasteiger partial charge in [0.15, 0.2) is 0 Å². The number of halogens is 1. The highest BCUT2D eigenvalue weighted by molar-refractivity contribution is 6.30. The van der Waals surface area contributed by atoms with Gasteiger partial charge < -0.3 is 10.6 Å². The van der Waals surface area contributed by atoms with Crippen LogP contribution in [0.2, 0.25) is 5.02 Å². The van der Waals surface area contributed by atoms with E-state index in [1.165, 1.54) is 0 Å². The van der Waals surface area contributed by atoms with Crippen LogP contribution in [0.15, 0.2) is 24.3 Å². The van der Waals surface area contributed by atoms with Crippen LogP contribution in [0.25, 0.3) is 0 Å². The summed E-state index contributed by atoms with van der Waals surface area (Å²) in [4.78, 5) is 15.0. The number of carbonyl (C=O) groups excluding carboxylic acids is 1. The van der Waals surface area contributed by atoms with Gasteiger partial charge in [0, 0.05) is 17.6 Å². The number of hydrogen-bond donors (Lipinski definition) is 1. The van der Waals surface area contributed by atoms with Gasteiger partial charge in [0.25, 0.3) is 0 Å². The second-order valence-corrected chi connectivity index (χ2v) is 6.67. The second-order valence-electron chi connectivity index (χ2n) is 6.23. The van der Waals surface area contributed by atoms with Crippen molar-refractivity contribution in [2.45, 2.75) is 37.6 Å². The van der Waals surface area contributed by atoms with Crippen LogP contribution in [-0.4, -0.2) is 29.9 Å². The SMILES string of the molecule is CC1CC(CN)CN1C(=O)C1(c2ccc(Cl)cc2)CC1. The Hall–Kier alpha value is -1.06. The molecule has 2 N–H and O–H groups in total. The van der Waals surface area contributed by atoms with Crippen LogP contribution in [0, 0.1) is 5.92 Å². The van der Waals surface area contributed by atoms with E-state index in [2.05, 4.69) is 6.92 Å². The highest BCUT2D eigenvalue weighted by Gasteiger charge is 2.54. The molecule has 4 heteroatoms. The van der Waals surface area contributed by atoms with E-state index in [1.54, 1.807) is 0 Å². The van der Waals surface area contributed by atoms with Gasteiger partial charge in [-0.2, -0.15) is 0 Å². The zero-order valence-corrected chi connectivity index (χ0v) is 12.6. The quantitative estimate of drug-likeness (QED) is 0.931. The fourth-order valence-corrected chi connectivity index (χ4v) is 3.52. The molecule has 1 amide bonds. The van der Waals surface area contributed by atoms with Crippen LogP contribution in [0.5, 0.6) is 0 Å². The van der Waals surface area contributed by atoms with Gasteiger partial charge in [-0.1, -0.05) is 23.7 Å². The molecule has 0 bridgehead atoms. The van der Waals surface area contributed by atoms with Crippen LogP contribution >= 0.6 is 11.6 Å². The molecule has 20 heavy (non-hydrogen) atoms. The molecule has 0 spiro atoms. The van der Waals surface area contributed by atoms with Gasteiger partial charge >= 0.3 is 0 Å². The van der Waals surface area contributed by atoms with Crippen molar-refractivity contribution in [3.05, 3.63) is 34.9 Å². The van der Waals surface area contributed by atoms with E-state index in [1.807, 2.05) is 29.2 Å². The summed E-state index contributed by atoms with van der Waals surface area (Å²) in [7, 11) is 0.